The molecule has 19 heavy (non-hydrogen) atoms. The van der Waals surface area contributed by atoms with Gasteiger partial charge >= 0.3 is 0 Å². The van der Waals surface area contributed by atoms with Crippen LogP contribution in [0.3, 0.4) is 0 Å². The first-order chi connectivity index (χ1) is 8.99. The van der Waals surface area contributed by atoms with Crippen molar-refractivity contribution in [3.8, 4) is 0 Å². The molecule has 0 bridgehead atoms. The zero-order valence-electron chi connectivity index (χ0n) is 10.8. The second-order valence-corrected chi connectivity index (χ2v) is 4.45. The van der Waals surface area contributed by atoms with Crippen LogP contribution in [-0.4, -0.2) is 5.91 Å². The number of nitrogens with two attached hydrogens (primary N) is 1. The van der Waals surface area contributed by atoms with Crippen molar-refractivity contribution in [3.63, 3.8) is 0 Å². The van der Waals surface area contributed by atoms with E-state index in [4.69, 9.17) is 5.73 Å². The van der Waals surface area contributed by atoms with Crippen molar-refractivity contribution in [3.05, 3.63) is 58.9 Å². The molecule has 0 radical (unpaired) electrons. The Morgan fingerprint density at radius 2 is 1.89 bits per heavy atom. The summed E-state index contributed by atoms with van der Waals surface area (Å²) in [5.41, 5.74) is 8.74. The van der Waals surface area contributed by atoms with Crippen LogP contribution in [0.4, 0.5) is 15.8 Å². The van der Waals surface area contributed by atoms with Crippen LogP contribution in [-0.2, 0) is 0 Å². The van der Waals surface area contributed by atoms with Crippen molar-refractivity contribution in [1.82, 2.24) is 0 Å². The molecule has 0 aliphatic heterocycles. The van der Waals surface area contributed by atoms with E-state index in [2.05, 4.69) is 5.32 Å². The minimum absolute atomic E-state index is 0.287. The molecule has 0 aromatic heterocycles. The quantitative estimate of drug-likeness (QED) is 0.812. The minimum Gasteiger partial charge on any atom is -0.398 e. The fraction of sp³-hybridized carbons (Fsp3) is 0.133. The highest BCUT2D eigenvalue weighted by Gasteiger charge is 2.13. The van der Waals surface area contributed by atoms with E-state index in [1.165, 1.54) is 18.2 Å². The molecule has 1 amide bonds. The zero-order valence-corrected chi connectivity index (χ0v) is 10.8. The van der Waals surface area contributed by atoms with E-state index in [0.29, 0.717) is 22.5 Å². The van der Waals surface area contributed by atoms with E-state index < -0.39 is 0 Å². The molecule has 98 valence electrons. The van der Waals surface area contributed by atoms with E-state index in [1.54, 1.807) is 19.1 Å². The summed E-state index contributed by atoms with van der Waals surface area (Å²) in [6, 6.07) is 9.52. The van der Waals surface area contributed by atoms with Gasteiger partial charge in [-0.1, -0.05) is 12.1 Å². The number of aryl methyl sites for hydroxylation is 2. The summed E-state index contributed by atoms with van der Waals surface area (Å²) in [4.78, 5) is 12.2. The van der Waals surface area contributed by atoms with Crippen LogP contribution in [0.25, 0.3) is 0 Å². The lowest BCUT2D eigenvalue weighted by molar-refractivity contribution is 0.102. The lowest BCUT2D eigenvalue weighted by Gasteiger charge is -2.11. The molecule has 3 nitrogen and oxygen atoms in total. The first-order valence-electron chi connectivity index (χ1n) is 5.91. The zero-order chi connectivity index (χ0) is 14.0. The smallest absolute Gasteiger partial charge is 0.258 e. The van der Waals surface area contributed by atoms with Crippen molar-refractivity contribution in [2.45, 2.75) is 13.8 Å². The molecule has 0 spiro atoms. The molecule has 0 aliphatic rings. The number of benzene rings is 2. The predicted molar refractivity (Wildman–Crippen MR) is 74.7 cm³/mol. The van der Waals surface area contributed by atoms with Gasteiger partial charge in [-0.3, -0.25) is 4.79 Å². The molecule has 0 aliphatic carbocycles. The van der Waals surface area contributed by atoms with Gasteiger partial charge < -0.3 is 11.1 Å². The molecular weight excluding hydrogens is 243 g/mol. The van der Waals surface area contributed by atoms with Crippen LogP contribution >= 0.6 is 0 Å². The average Bonchev–Trinajstić information content (AvgIpc) is 2.32. The van der Waals surface area contributed by atoms with Gasteiger partial charge in [0.15, 0.2) is 0 Å². The SMILES string of the molecule is Cc1cc(F)ccc1NC(=O)c1c(C)cccc1N. The number of halogens is 1. The molecule has 2 aromatic carbocycles. The maximum absolute atomic E-state index is 13.0. The average molecular weight is 258 g/mol. The van der Waals surface area contributed by atoms with Crippen LogP contribution in [0.5, 0.6) is 0 Å². The van der Waals surface area contributed by atoms with Crippen molar-refractivity contribution in [1.29, 1.82) is 0 Å². The third kappa shape index (κ3) is 2.73. The monoisotopic (exact) mass is 258 g/mol. The molecule has 2 rings (SSSR count). The Morgan fingerprint density at radius 3 is 2.53 bits per heavy atom. The molecule has 0 heterocycles. The fourth-order valence-corrected chi connectivity index (χ4v) is 1.95. The molecule has 0 atom stereocenters. The summed E-state index contributed by atoms with van der Waals surface area (Å²) in [5, 5.41) is 2.75. The number of carbonyl (C=O) groups excluding carboxylic acids is 1. The van der Waals surface area contributed by atoms with Crippen molar-refractivity contribution >= 4 is 17.3 Å². The van der Waals surface area contributed by atoms with E-state index >= 15 is 0 Å². The van der Waals surface area contributed by atoms with Crippen LogP contribution in [0.15, 0.2) is 36.4 Å². The predicted octanol–water partition coefficient (Wildman–Crippen LogP) is 3.28. The number of rotatable bonds is 2. The van der Waals surface area contributed by atoms with Gasteiger partial charge in [-0.15, -0.1) is 0 Å². The molecule has 4 heteroatoms. The summed E-state index contributed by atoms with van der Waals surface area (Å²) in [5.74, 6) is -0.615. The lowest BCUT2D eigenvalue weighted by Crippen LogP contribution is -2.16. The number of nitrogens with one attached hydrogen (secondary N) is 1. The Bertz CT molecular complexity index is 618. The molecule has 0 unspecified atom stereocenters. The Morgan fingerprint density at radius 1 is 1.16 bits per heavy atom. The standard InChI is InChI=1S/C15H15FN2O/c1-9-4-3-5-12(17)14(9)15(19)18-13-7-6-11(16)8-10(13)2/h3-8H,17H2,1-2H3,(H,18,19). The summed E-state index contributed by atoms with van der Waals surface area (Å²) in [7, 11) is 0. The van der Waals surface area contributed by atoms with Gasteiger partial charge in [0.05, 0.1) is 5.56 Å². The fourth-order valence-electron chi connectivity index (χ4n) is 1.95. The summed E-state index contributed by atoms with van der Waals surface area (Å²) in [6.07, 6.45) is 0. The molecule has 0 saturated heterocycles. The molecular formula is C15H15FN2O. The van der Waals surface area contributed by atoms with Gasteiger partial charge in [0, 0.05) is 11.4 Å². The number of nitrogen functional groups attached to an aromatic ring is 1. The second kappa shape index (κ2) is 5.10. The maximum atomic E-state index is 13.0. The third-order valence-electron chi connectivity index (χ3n) is 2.97. The van der Waals surface area contributed by atoms with Crippen LogP contribution in [0.1, 0.15) is 21.5 Å². The van der Waals surface area contributed by atoms with Crippen molar-refractivity contribution in [2.24, 2.45) is 0 Å². The van der Waals surface area contributed by atoms with Crippen LogP contribution in [0, 0.1) is 19.7 Å². The molecule has 0 saturated carbocycles. The highest BCUT2D eigenvalue weighted by atomic mass is 19.1. The largest absolute Gasteiger partial charge is 0.398 e. The Kier molecular flexibility index (Phi) is 3.51. The van der Waals surface area contributed by atoms with Crippen molar-refractivity contribution in [2.75, 3.05) is 11.1 Å². The molecule has 3 N–H and O–H groups in total. The Balaban J connectivity index is 2.31. The normalized spacial score (nSPS) is 10.3. The van der Waals surface area contributed by atoms with Gasteiger partial charge in [-0.05, 0) is 49.2 Å². The number of hydrogen-bond donors (Lipinski definition) is 2. The van der Waals surface area contributed by atoms with E-state index in [1.807, 2.05) is 13.0 Å². The van der Waals surface area contributed by atoms with E-state index in [-0.39, 0.29) is 11.7 Å². The number of carbonyl (C=O) groups is 1. The summed E-state index contributed by atoms with van der Waals surface area (Å²) in [6.45, 7) is 3.56. The topological polar surface area (TPSA) is 55.1 Å². The second-order valence-electron chi connectivity index (χ2n) is 4.45. The highest BCUT2D eigenvalue weighted by molar-refractivity contribution is 6.09. The molecule has 2 aromatic rings. The van der Waals surface area contributed by atoms with E-state index in [0.717, 1.165) is 5.56 Å². The van der Waals surface area contributed by atoms with Gasteiger partial charge in [0.25, 0.3) is 5.91 Å². The van der Waals surface area contributed by atoms with E-state index in [9.17, 15) is 9.18 Å². The van der Waals surface area contributed by atoms with Crippen LogP contribution in [0.2, 0.25) is 0 Å². The first kappa shape index (κ1) is 13.1. The van der Waals surface area contributed by atoms with Gasteiger partial charge in [0.1, 0.15) is 5.82 Å². The Hall–Kier alpha value is -2.36. The molecule has 0 fully saturated rings. The minimum atomic E-state index is -0.328. The third-order valence-corrected chi connectivity index (χ3v) is 2.97. The first-order valence-corrected chi connectivity index (χ1v) is 5.91. The Labute approximate surface area is 111 Å². The van der Waals surface area contributed by atoms with Gasteiger partial charge in [-0.2, -0.15) is 0 Å². The van der Waals surface area contributed by atoms with Gasteiger partial charge in [-0.25, -0.2) is 4.39 Å². The lowest BCUT2D eigenvalue weighted by atomic mass is 10.1. The number of hydrogen-bond acceptors (Lipinski definition) is 2. The van der Waals surface area contributed by atoms with Gasteiger partial charge in [0.2, 0.25) is 0 Å². The highest BCUT2D eigenvalue weighted by Crippen LogP contribution is 2.20. The summed E-state index contributed by atoms with van der Waals surface area (Å²) >= 11 is 0. The number of amides is 1. The van der Waals surface area contributed by atoms with Crippen LogP contribution < -0.4 is 11.1 Å². The van der Waals surface area contributed by atoms with Crippen molar-refractivity contribution < 1.29 is 9.18 Å². The summed E-state index contributed by atoms with van der Waals surface area (Å²) < 4.78 is 13.0. The number of anilines is 2. The maximum Gasteiger partial charge on any atom is 0.258 e.